The van der Waals surface area contributed by atoms with Gasteiger partial charge in [-0.25, -0.2) is 9.97 Å². The van der Waals surface area contributed by atoms with Crippen molar-refractivity contribution in [3.8, 4) is 10.6 Å². The largest absolute Gasteiger partial charge is 0.383 e. The molecule has 2 amide bonds. The first-order valence-corrected chi connectivity index (χ1v) is 23.8. The summed E-state index contributed by atoms with van der Waals surface area (Å²) in [4.78, 5) is 48.8. The number of thiophene rings is 2. The Kier molecular flexibility index (Phi) is 23.7. The van der Waals surface area contributed by atoms with Gasteiger partial charge in [-0.15, -0.1) is 22.7 Å². The Morgan fingerprint density at radius 2 is 1.19 bits per heavy atom. The van der Waals surface area contributed by atoms with E-state index in [1.54, 1.807) is 105 Å². The first-order valence-electron chi connectivity index (χ1n) is 19.8. The van der Waals surface area contributed by atoms with Crippen molar-refractivity contribution in [2.45, 2.75) is 33.5 Å². The molecule has 0 aliphatic carbocycles. The second-order valence-corrected chi connectivity index (χ2v) is 18.0. The lowest BCUT2D eigenvalue weighted by Crippen LogP contribution is -2.31. The summed E-state index contributed by atoms with van der Waals surface area (Å²) in [6, 6.07) is 19.3. The zero-order valence-electron chi connectivity index (χ0n) is 36.1. The molecule has 0 saturated carbocycles. The van der Waals surface area contributed by atoms with Crippen LogP contribution in [0, 0.1) is 0 Å². The van der Waals surface area contributed by atoms with Crippen LogP contribution in [0.25, 0.3) is 31.0 Å². The Balaban J connectivity index is 0.000000199. The van der Waals surface area contributed by atoms with Gasteiger partial charge in [-0.2, -0.15) is 0 Å². The summed E-state index contributed by atoms with van der Waals surface area (Å²) in [7, 11) is 4.95. The summed E-state index contributed by atoms with van der Waals surface area (Å²) in [5.41, 5.74) is 5.90. The van der Waals surface area contributed by atoms with Gasteiger partial charge in [-0.05, 0) is 96.4 Å². The summed E-state index contributed by atoms with van der Waals surface area (Å²) in [6.45, 7) is 8.87. The number of hydrogen-bond acceptors (Lipinski definition) is 13. The van der Waals surface area contributed by atoms with E-state index >= 15 is 0 Å². The van der Waals surface area contributed by atoms with Crippen molar-refractivity contribution in [1.29, 1.82) is 0 Å². The average molecular weight is 1080 g/mol. The molecule has 340 valence electrons. The molecule has 7 rings (SSSR count). The van der Waals surface area contributed by atoms with Crippen molar-refractivity contribution in [3.05, 3.63) is 133 Å². The molecule has 0 radical (unpaired) electrons. The number of amides is 2. The SMILES string of the molecule is COCCN(Cc1ccc(-c2cc3nccc(Cl)c3s2)nc1)C(C)=O.COCCN(Cc1ccc(Br)nc1)C(C)=O.COCCNCc1ccc(Br)nc1.Clc1ccnc2ccsc12. The molecule has 19 heteroatoms. The summed E-state index contributed by atoms with van der Waals surface area (Å²) in [5, 5.41) is 6.73. The maximum atomic E-state index is 11.7. The number of hydrogen-bond donors (Lipinski definition) is 1. The Morgan fingerprint density at radius 1 is 0.656 bits per heavy atom. The molecule has 0 bridgehead atoms. The zero-order chi connectivity index (χ0) is 46.3. The fourth-order valence-corrected chi connectivity index (χ4v) is 8.27. The molecule has 0 spiro atoms. The maximum absolute atomic E-state index is 11.7. The first-order chi connectivity index (χ1) is 30.9. The molecule has 7 aromatic rings. The van der Waals surface area contributed by atoms with E-state index in [9.17, 15) is 9.59 Å². The van der Waals surface area contributed by atoms with E-state index in [1.165, 1.54) is 5.56 Å². The number of halogens is 4. The maximum Gasteiger partial charge on any atom is 0.219 e. The van der Waals surface area contributed by atoms with Crippen molar-refractivity contribution < 1.29 is 23.8 Å². The van der Waals surface area contributed by atoms with Gasteiger partial charge in [0, 0.05) is 105 Å². The topological polar surface area (TPSA) is 145 Å². The lowest BCUT2D eigenvalue weighted by atomic mass is 10.2. The van der Waals surface area contributed by atoms with Gasteiger partial charge in [0.25, 0.3) is 0 Å². The van der Waals surface area contributed by atoms with Crippen LogP contribution in [0.4, 0.5) is 0 Å². The quantitative estimate of drug-likeness (QED) is 0.0729. The molecule has 0 saturated heterocycles. The minimum Gasteiger partial charge on any atom is -0.383 e. The van der Waals surface area contributed by atoms with Gasteiger partial charge >= 0.3 is 0 Å². The van der Waals surface area contributed by atoms with Crippen LogP contribution >= 0.6 is 77.7 Å². The fraction of sp³-hybridized carbons (Fsp3) is 0.311. The van der Waals surface area contributed by atoms with Crippen molar-refractivity contribution in [3.63, 3.8) is 0 Å². The number of aromatic nitrogens is 5. The number of carbonyl (C=O) groups is 2. The minimum atomic E-state index is 0.0198. The number of rotatable bonds is 16. The molecule has 0 aromatic carbocycles. The van der Waals surface area contributed by atoms with Crippen LogP contribution in [0.15, 0.2) is 106 Å². The van der Waals surface area contributed by atoms with Crippen molar-refractivity contribution in [1.82, 2.24) is 40.0 Å². The number of nitrogens with one attached hydrogen (secondary N) is 1. The molecule has 7 heterocycles. The van der Waals surface area contributed by atoms with Crippen LogP contribution in [0.3, 0.4) is 0 Å². The zero-order valence-corrected chi connectivity index (χ0v) is 42.4. The van der Waals surface area contributed by atoms with Crippen molar-refractivity contribution in [2.24, 2.45) is 0 Å². The van der Waals surface area contributed by atoms with Crippen LogP contribution < -0.4 is 5.32 Å². The number of fused-ring (bicyclic) bond motifs is 2. The van der Waals surface area contributed by atoms with E-state index in [0.717, 1.165) is 76.1 Å². The van der Waals surface area contributed by atoms with Crippen LogP contribution in [0.5, 0.6) is 0 Å². The molecule has 13 nitrogen and oxygen atoms in total. The summed E-state index contributed by atoms with van der Waals surface area (Å²) in [5.74, 6) is 0.0614. The monoisotopic (exact) mass is 1070 g/mol. The third kappa shape index (κ3) is 18.1. The predicted octanol–water partition coefficient (Wildman–Crippen LogP) is 10.4. The van der Waals surface area contributed by atoms with E-state index in [-0.39, 0.29) is 11.8 Å². The molecular weight excluding hydrogens is 1030 g/mol. The molecule has 0 atom stereocenters. The van der Waals surface area contributed by atoms with Gasteiger partial charge in [0.2, 0.25) is 11.8 Å². The number of ether oxygens (including phenoxy) is 3. The number of carbonyl (C=O) groups excluding carboxylic acids is 2. The molecule has 1 N–H and O–H groups in total. The van der Waals surface area contributed by atoms with E-state index in [2.05, 4.69) is 62.1 Å². The molecule has 0 fully saturated rings. The Hall–Kier alpha value is -4.01. The molecule has 64 heavy (non-hydrogen) atoms. The van der Waals surface area contributed by atoms with Crippen LogP contribution in [-0.2, 0) is 43.4 Å². The van der Waals surface area contributed by atoms with E-state index in [0.29, 0.717) is 44.4 Å². The lowest BCUT2D eigenvalue weighted by molar-refractivity contribution is -0.130. The molecule has 7 aromatic heterocycles. The Bertz CT molecular complexity index is 2470. The van der Waals surface area contributed by atoms with Crippen LogP contribution in [0.2, 0.25) is 10.0 Å². The highest BCUT2D eigenvalue weighted by Crippen LogP contribution is 2.35. The van der Waals surface area contributed by atoms with Gasteiger partial charge in [-0.1, -0.05) is 41.4 Å². The van der Waals surface area contributed by atoms with Gasteiger partial charge in [0.1, 0.15) is 9.21 Å². The summed E-state index contributed by atoms with van der Waals surface area (Å²) >= 11 is 21.8. The summed E-state index contributed by atoms with van der Waals surface area (Å²) in [6.07, 6.45) is 8.83. The van der Waals surface area contributed by atoms with Gasteiger partial charge < -0.3 is 29.3 Å². The number of pyridine rings is 5. The van der Waals surface area contributed by atoms with E-state index in [4.69, 9.17) is 37.4 Å². The second-order valence-electron chi connectivity index (χ2n) is 13.6. The Labute approximate surface area is 408 Å². The van der Waals surface area contributed by atoms with Crippen molar-refractivity contribution >= 4 is 110 Å². The van der Waals surface area contributed by atoms with E-state index in [1.807, 2.05) is 60.1 Å². The summed E-state index contributed by atoms with van der Waals surface area (Å²) < 4.78 is 18.6. The number of nitrogens with zero attached hydrogens (tertiary/aromatic N) is 7. The fourth-order valence-electron chi connectivity index (χ4n) is 5.50. The standard InChI is InChI=1S/C18H18ClN3O2S.C11H15BrN2O2.C9H13BrN2O.C7H4ClNS/c1-12(23)22(7-8-24-2)11-13-3-4-15(21-10-13)17-9-16-18(25-17)14(19)5-6-20-16;1-9(15)14(5-6-16-2)8-10-3-4-11(12)13-7-10;1-13-5-4-11-6-8-2-3-9(10)12-7-8;8-5-1-3-9-6-2-4-10-7(5)6/h3-6,9-10H,7-8,11H2,1-2H3;3-4,7H,5-6,8H2,1-2H3;2-3,7,11H,4-6H2,1H3;1-4H. The highest BCUT2D eigenvalue weighted by Gasteiger charge is 2.12. The average Bonchev–Trinajstić information content (AvgIpc) is 3.97. The smallest absolute Gasteiger partial charge is 0.219 e. The normalized spacial score (nSPS) is 10.6. The van der Waals surface area contributed by atoms with Gasteiger partial charge in [0.15, 0.2) is 0 Å². The molecule has 0 aliphatic heterocycles. The molecule has 0 unspecified atom stereocenters. The third-order valence-electron chi connectivity index (χ3n) is 8.89. The van der Waals surface area contributed by atoms with Crippen molar-refractivity contribution in [2.75, 3.05) is 60.8 Å². The first kappa shape index (κ1) is 52.6. The second kappa shape index (κ2) is 28.8. The Morgan fingerprint density at radius 3 is 1.67 bits per heavy atom. The van der Waals surface area contributed by atoms with Gasteiger partial charge in [-0.3, -0.25) is 24.5 Å². The lowest BCUT2D eigenvalue weighted by Gasteiger charge is -2.20. The van der Waals surface area contributed by atoms with Crippen LogP contribution in [-0.4, -0.2) is 107 Å². The third-order valence-corrected chi connectivity index (χ3v) is 12.8. The highest BCUT2D eigenvalue weighted by atomic mass is 79.9. The van der Waals surface area contributed by atoms with E-state index < -0.39 is 0 Å². The van der Waals surface area contributed by atoms with Gasteiger partial charge in [0.05, 0.1) is 60.9 Å². The number of methoxy groups -OCH3 is 3. The molecular formula is C45H50Br2Cl2N8O5S2. The minimum absolute atomic E-state index is 0.0198. The molecule has 0 aliphatic rings. The van der Waals surface area contributed by atoms with Crippen LogP contribution in [0.1, 0.15) is 30.5 Å². The predicted molar refractivity (Wildman–Crippen MR) is 266 cm³/mol. The highest BCUT2D eigenvalue weighted by molar-refractivity contribution is 9.10.